The Morgan fingerprint density at radius 2 is 2.00 bits per heavy atom. The maximum atomic E-state index is 12.4. The predicted molar refractivity (Wildman–Crippen MR) is 109 cm³/mol. The number of benzene rings is 1. The van der Waals surface area contributed by atoms with Crippen LogP contribution in [0.5, 0.6) is 0 Å². The summed E-state index contributed by atoms with van der Waals surface area (Å²) in [7, 11) is 0. The van der Waals surface area contributed by atoms with Gasteiger partial charge in [0, 0.05) is 6.54 Å². The molecule has 2 N–H and O–H groups in total. The molecule has 148 valence electrons. The Bertz CT molecular complexity index is 1000. The number of aromatic nitrogens is 2. The zero-order valence-electron chi connectivity index (χ0n) is 15.8. The maximum Gasteiger partial charge on any atom is 0.328 e. The number of nitrogens with zero attached hydrogens (tertiary/aromatic N) is 1. The SMILES string of the molecule is CC(C)[C@@H](NC(=O)c1cccs1)C(=O)OCCCn1c(=O)[nH]c2ccccc21. The number of carbonyl (C=O) groups excluding carboxylic acids is 2. The number of imidazole rings is 1. The van der Waals surface area contributed by atoms with Gasteiger partial charge in [0.1, 0.15) is 6.04 Å². The van der Waals surface area contributed by atoms with Gasteiger partial charge in [-0.05, 0) is 35.9 Å². The molecule has 3 rings (SSSR count). The Kier molecular flexibility index (Phi) is 6.30. The van der Waals surface area contributed by atoms with Crippen LogP contribution < -0.4 is 11.0 Å². The molecule has 28 heavy (non-hydrogen) atoms. The van der Waals surface area contributed by atoms with Crippen molar-refractivity contribution < 1.29 is 14.3 Å². The van der Waals surface area contributed by atoms with Gasteiger partial charge < -0.3 is 15.0 Å². The fourth-order valence-electron chi connectivity index (χ4n) is 2.93. The number of H-pyrrole nitrogens is 1. The minimum absolute atomic E-state index is 0.104. The Morgan fingerprint density at radius 1 is 1.21 bits per heavy atom. The summed E-state index contributed by atoms with van der Waals surface area (Å²) < 4.78 is 6.98. The highest BCUT2D eigenvalue weighted by Gasteiger charge is 2.26. The van der Waals surface area contributed by atoms with Crippen molar-refractivity contribution in [3.05, 3.63) is 57.1 Å². The third-order valence-corrected chi connectivity index (χ3v) is 5.27. The number of para-hydroxylation sites is 2. The van der Waals surface area contributed by atoms with Gasteiger partial charge in [0.05, 0.1) is 22.5 Å². The topological polar surface area (TPSA) is 93.2 Å². The highest BCUT2D eigenvalue weighted by atomic mass is 32.1. The molecule has 1 atom stereocenters. The molecule has 0 spiro atoms. The van der Waals surface area contributed by atoms with E-state index in [2.05, 4.69) is 10.3 Å². The molecule has 0 aliphatic rings. The highest BCUT2D eigenvalue weighted by Crippen LogP contribution is 2.12. The number of amides is 1. The summed E-state index contributed by atoms with van der Waals surface area (Å²) in [6.45, 7) is 4.31. The monoisotopic (exact) mass is 401 g/mol. The molecule has 0 fully saturated rings. The lowest BCUT2D eigenvalue weighted by Crippen LogP contribution is -2.45. The van der Waals surface area contributed by atoms with Gasteiger partial charge in [-0.15, -0.1) is 11.3 Å². The van der Waals surface area contributed by atoms with Gasteiger partial charge in [-0.1, -0.05) is 32.0 Å². The molecule has 0 unspecified atom stereocenters. The van der Waals surface area contributed by atoms with Crippen LogP contribution in [0.25, 0.3) is 11.0 Å². The number of fused-ring (bicyclic) bond motifs is 1. The van der Waals surface area contributed by atoms with Crippen LogP contribution in [0.3, 0.4) is 0 Å². The summed E-state index contributed by atoms with van der Waals surface area (Å²) in [4.78, 5) is 40.0. The van der Waals surface area contributed by atoms with E-state index < -0.39 is 12.0 Å². The third-order valence-electron chi connectivity index (χ3n) is 4.40. The molecule has 0 saturated carbocycles. The lowest BCUT2D eigenvalue weighted by atomic mass is 10.0. The average molecular weight is 401 g/mol. The maximum absolute atomic E-state index is 12.4. The number of thiophene rings is 1. The van der Waals surface area contributed by atoms with E-state index in [0.29, 0.717) is 17.8 Å². The fraction of sp³-hybridized carbons (Fsp3) is 0.350. The number of nitrogens with one attached hydrogen (secondary N) is 2. The molecule has 8 heteroatoms. The summed E-state index contributed by atoms with van der Waals surface area (Å²) in [5, 5.41) is 4.55. The molecule has 0 saturated heterocycles. The number of carbonyl (C=O) groups is 2. The van der Waals surface area contributed by atoms with Crippen LogP contribution in [-0.2, 0) is 16.1 Å². The number of hydrogen-bond acceptors (Lipinski definition) is 5. The minimum atomic E-state index is -0.717. The van der Waals surface area contributed by atoms with Gasteiger partial charge >= 0.3 is 11.7 Å². The van der Waals surface area contributed by atoms with Crippen molar-refractivity contribution >= 4 is 34.2 Å². The first kappa shape index (κ1) is 19.9. The molecule has 1 aromatic carbocycles. The van der Waals surface area contributed by atoms with E-state index in [0.717, 1.165) is 11.0 Å². The van der Waals surface area contributed by atoms with Crippen molar-refractivity contribution in [3.63, 3.8) is 0 Å². The first-order valence-corrected chi connectivity index (χ1v) is 10.0. The number of ether oxygens (including phenoxy) is 1. The first-order chi connectivity index (χ1) is 13.5. The van der Waals surface area contributed by atoms with Gasteiger partial charge in [-0.3, -0.25) is 9.36 Å². The number of aromatic amines is 1. The molecule has 0 bridgehead atoms. The van der Waals surface area contributed by atoms with Gasteiger partial charge in [0.2, 0.25) is 0 Å². The zero-order chi connectivity index (χ0) is 20.1. The van der Waals surface area contributed by atoms with Crippen LogP contribution in [0.2, 0.25) is 0 Å². The van der Waals surface area contributed by atoms with Gasteiger partial charge in [0.25, 0.3) is 5.91 Å². The molecule has 0 aliphatic carbocycles. The second-order valence-electron chi connectivity index (χ2n) is 6.79. The molecule has 7 nitrogen and oxygen atoms in total. The van der Waals surface area contributed by atoms with E-state index in [9.17, 15) is 14.4 Å². The van der Waals surface area contributed by atoms with Gasteiger partial charge in [-0.2, -0.15) is 0 Å². The Hall–Kier alpha value is -2.87. The number of hydrogen-bond donors (Lipinski definition) is 2. The van der Waals surface area contributed by atoms with Crippen LogP contribution in [0.1, 0.15) is 29.9 Å². The number of aryl methyl sites for hydroxylation is 1. The molecule has 2 heterocycles. The lowest BCUT2D eigenvalue weighted by Gasteiger charge is -2.20. The summed E-state index contributed by atoms with van der Waals surface area (Å²) in [6, 6.07) is 10.2. The van der Waals surface area contributed by atoms with E-state index in [1.165, 1.54) is 11.3 Å². The van der Waals surface area contributed by atoms with E-state index in [-0.39, 0.29) is 24.1 Å². The molecular formula is C20H23N3O4S. The van der Waals surface area contributed by atoms with Crippen LogP contribution in [-0.4, -0.2) is 34.1 Å². The van der Waals surface area contributed by atoms with Crippen molar-refractivity contribution in [3.8, 4) is 0 Å². The number of rotatable bonds is 8. The predicted octanol–water partition coefficient (Wildman–Crippen LogP) is 2.78. The molecule has 0 radical (unpaired) electrons. The molecule has 3 aromatic rings. The second kappa shape index (κ2) is 8.88. The van der Waals surface area contributed by atoms with Crippen molar-refractivity contribution in [2.45, 2.75) is 32.9 Å². The summed E-state index contributed by atoms with van der Waals surface area (Å²) >= 11 is 1.32. The smallest absolute Gasteiger partial charge is 0.328 e. The van der Waals surface area contributed by atoms with Crippen LogP contribution in [0.15, 0.2) is 46.6 Å². The Morgan fingerprint density at radius 3 is 2.71 bits per heavy atom. The zero-order valence-corrected chi connectivity index (χ0v) is 16.6. The van der Waals surface area contributed by atoms with E-state index in [1.807, 2.05) is 43.5 Å². The average Bonchev–Trinajstić information content (AvgIpc) is 3.30. The lowest BCUT2D eigenvalue weighted by molar-refractivity contribution is -0.147. The van der Waals surface area contributed by atoms with E-state index in [1.54, 1.807) is 16.7 Å². The summed E-state index contributed by atoms with van der Waals surface area (Å²) in [6.07, 6.45) is 0.497. The Balaban J connectivity index is 1.54. The largest absolute Gasteiger partial charge is 0.464 e. The summed E-state index contributed by atoms with van der Waals surface area (Å²) in [5.41, 5.74) is 1.42. The van der Waals surface area contributed by atoms with Crippen molar-refractivity contribution in [1.29, 1.82) is 0 Å². The quantitative estimate of drug-likeness (QED) is 0.448. The van der Waals surface area contributed by atoms with Gasteiger partial charge in [-0.25, -0.2) is 9.59 Å². The van der Waals surface area contributed by atoms with Crippen LogP contribution in [0, 0.1) is 5.92 Å². The van der Waals surface area contributed by atoms with Gasteiger partial charge in [0.15, 0.2) is 0 Å². The standard InChI is InChI=1S/C20H23N3O4S/c1-13(2)17(22-18(24)16-9-5-12-28-16)19(25)27-11-6-10-23-15-8-4-3-7-14(15)21-20(23)26/h3-5,7-9,12-13,17H,6,10-11H2,1-2H3,(H,21,26)(H,22,24)/t17-/m1/s1. The van der Waals surface area contributed by atoms with Crippen molar-refractivity contribution in [2.24, 2.45) is 5.92 Å². The van der Waals surface area contributed by atoms with E-state index >= 15 is 0 Å². The van der Waals surface area contributed by atoms with Crippen LogP contribution >= 0.6 is 11.3 Å². The summed E-state index contributed by atoms with van der Waals surface area (Å²) in [5.74, 6) is -0.852. The third kappa shape index (κ3) is 4.51. The molecule has 1 amide bonds. The highest BCUT2D eigenvalue weighted by molar-refractivity contribution is 7.12. The molecular weight excluding hydrogens is 378 g/mol. The van der Waals surface area contributed by atoms with Crippen molar-refractivity contribution in [1.82, 2.24) is 14.9 Å². The second-order valence-corrected chi connectivity index (χ2v) is 7.74. The molecule has 2 aromatic heterocycles. The van der Waals surface area contributed by atoms with E-state index in [4.69, 9.17) is 4.74 Å². The Labute approximate surface area is 166 Å². The minimum Gasteiger partial charge on any atom is -0.464 e. The normalized spacial score (nSPS) is 12.2. The fourth-order valence-corrected chi connectivity index (χ4v) is 3.56. The first-order valence-electron chi connectivity index (χ1n) is 9.16. The molecule has 0 aliphatic heterocycles. The van der Waals surface area contributed by atoms with Crippen LogP contribution in [0.4, 0.5) is 0 Å². The van der Waals surface area contributed by atoms with Crippen molar-refractivity contribution in [2.75, 3.05) is 6.61 Å². The number of esters is 1.